The molecule has 3 rings (SSSR count). The zero-order valence-electron chi connectivity index (χ0n) is 22.1. The Kier molecular flexibility index (Phi) is 10.7. The minimum atomic E-state index is -4.66. The molecule has 216 valence electrons. The molecule has 0 spiro atoms. The van der Waals surface area contributed by atoms with Gasteiger partial charge in [0.05, 0.1) is 0 Å². The van der Waals surface area contributed by atoms with Crippen LogP contribution in [0.15, 0.2) is 60.7 Å². The summed E-state index contributed by atoms with van der Waals surface area (Å²) >= 11 is 0. The standard InChI is InChI=1S/C26H29O13P/c1-16(27)32-15-22-23(33-17(2)28)24(34-18(3)29)25(35-19(4)30)26(36-22)39-40(31,37-20-11-7-5-8-12-20)38-21-13-9-6-10-14-21/h5-14,22-26H,15H2,1-4H3/t22-,23-,24+,25-,26-/m1/s1/i15+1,22+1,23+1,24+1,25+1,26+1. The van der Waals surface area contributed by atoms with Crippen LogP contribution in [0.5, 0.6) is 11.5 Å². The zero-order chi connectivity index (χ0) is 29.3. The second kappa shape index (κ2) is 13.9. The second-order valence-electron chi connectivity index (χ2n) is 8.43. The van der Waals surface area contributed by atoms with Crippen LogP contribution in [0.1, 0.15) is 27.7 Å². The normalized spacial score (nSPS) is 22.4. The molecule has 0 radical (unpaired) electrons. The first-order valence-corrected chi connectivity index (χ1v) is 13.5. The van der Waals surface area contributed by atoms with Gasteiger partial charge in [-0.15, -0.1) is 0 Å². The zero-order valence-corrected chi connectivity index (χ0v) is 23.0. The molecular weight excluding hydrogens is 557 g/mol. The molecule has 13 nitrogen and oxygen atoms in total. The van der Waals surface area contributed by atoms with Crippen molar-refractivity contribution in [2.75, 3.05) is 6.61 Å². The van der Waals surface area contributed by atoms with E-state index in [4.69, 9.17) is 37.3 Å². The van der Waals surface area contributed by atoms with Gasteiger partial charge in [0.1, 0.15) is 24.2 Å². The van der Waals surface area contributed by atoms with Gasteiger partial charge in [0.25, 0.3) is 0 Å². The van der Waals surface area contributed by atoms with Crippen molar-refractivity contribution in [1.82, 2.24) is 0 Å². The third-order valence-electron chi connectivity index (χ3n) is 5.10. The minimum Gasteiger partial charge on any atom is -0.463 e. The van der Waals surface area contributed by atoms with E-state index in [1.807, 2.05) is 0 Å². The second-order valence-corrected chi connectivity index (χ2v) is 9.90. The Hall–Kier alpha value is -3.93. The summed E-state index contributed by atoms with van der Waals surface area (Å²) in [5.41, 5.74) is 0. The van der Waals surface area contributed by atoms with E-state index in [9.17, 15) is 23.7 Å². The van der Waals surface area contributed by atoms with E-state index in [2.05, 4.69) is 0 Å². The summed E-state index contributed by atoms with van der Waals surface area (Å²) in [6, 6.07) is 15.9. The molecule has 1 heterocycles. The van der Waals surface area contributed by atoms with Crippen LogP contribution in [0.25, 0.3) is 0 Å². The number of para-hydroxylation sites is 2. The third kappa shape index (κ3) is 9.08. The Labute approximate surface area is 230 Å². The summed E-state index contributed by atoms with van der Waals surface area (Å²) in [5, 5.41) is 0. The van der Waals surface area contributed by atoms with Crippen molar-refractivity contribution < 1.29 is 61.0 Å². The number of rotatable bonds is 11. The van der Waals surface area contributed by atoms with Crippen molar-refractivity contribution in [2.45, 2.75) is 58.4 Å². The van der Waals surface area contributed by atoms with Crippen molar-refractivity contribution in [3.05, 3.63) is 60.7 Å². The van der Waals surface area contributed by atoms with Crippen LogP contribution in [0, 0.1) is 0 Å². The van der Waals surface area contributed by atoms with Crippen LogP contribution in [0.4, 0.5) is 0 Å². The fourth-order valence-electron chi connectivity index (χ4n) is 3.68. The maximum absolute atomic E-state index is 14.0. The molecule has 1 saturated heterocycles. The van der Waals surface area contributed by atoms with E-state index in [1.54, 1.807) is 36.4 Å². The number of carbonyl (C=O) groups excluding carboxylic acids is 4. The molecule has 0 amide bonds. The lowest BCUT2D eigenvalue weighted by Gasteiger charge is -2.44. The van der Waals surface area contributed by atoms with Crippen LogP contribution >= 0.6 is 7.82 Å². The number of phosphoric acid groups is 1. The Morgan fingerprint density at radius 1 is 0.675 bits per heavy atom. The number of ether oxygens (including phenoxy) is 5. The van der Waals surface area contributed by atoms with Gasteiger partial charge in [-0.25, -0.2) is 9.09 Å². The van der Waals surface area contributed by atoms with Gasteiger partial charge in [-0.1, -0.05) is 36.4 Å². The number of phosphoric ester groups is 1. The van der Waals surface area contributed by atoms with Crippen molar-refractivity contribution in [3.8, 4) is 11.5 Å². The average molecular weight is 586 g/mol. The molecule has 1 aliphatic rings. The van der Waals surface area contributed by atoms with Crippen LogP contribution in [-0.2, 0) is 52.0 Å². The van der Waals surface area contributed by atoms with E-state index >= 15 is 0 Å². The van der Waals surface area contributed by atoms with E-state index < -0.39 is 69.0 Å². The maximum Gasteiger partial charge on any atom is 0.590 e. The van der Waals surface area contributed by atoms with E-state index in [0.29, 0.717) is 0 Å². The minimum absolute atomic E-state index is 0.104. The highest BCUT2D eigenvalue weighted by Crippen LogP contribution is 2.52. The van der Waals surface area contributed by atoms with E-state index in [0.717, 1.165) is 27.7 Å². The van der Waals surface area contributed by atoms with Crippen molar-refractivity contribution in [1.29, 1.82) is 0 Å². The predicted molar refractivity (Wildman–Crippen MR) is 135 cm³/mol. The number of benzene rings is 2. The van der Waals surface area contributed by atoms with Gasteiger partial charge in [-0.2, -0.15) is 0 Å². The molecule has 0 N–H and O–H groups in total. The van der Waals surface area contributed by atoms with Crippen LogP contribution in [0.2, 0.25) is 0 Å². The summed E-state index contributed by atoms with van der Waals surface area (Å²) in [5.74, 6) is -2.98. The fraction of sp³-hybridized carbons (Fsp3) is 0.385. The molecule has 0 unspecified atom stereocenters. The summed E-state index contributed by atoms with van der Waals surface area (Å²) < 4.78 is 58.0. The molecule has 0 saturated carbocycles. The van der Waals surface area contributed by atoms with Gasteiger partial charge in [0.15, 0.2) is 18.3 Å². The Bertz CT molecular complexity index is 1170. The van der Waals surface area contributed by atoms with Gasteiger partial charge in [0.2, 0.25) is 6.29 Å². The van der Waals surface area contributed by atoms with Crippen LogP contribution in [-0.4, -0.2) is 61.2 Å². The molecule has 0 bridgehead atoms. The lowest BCUT2D eigenvalue weighted by atomic mass is 10.3. The number of carbonyl (C=O) groups is 4. The van der Waals surface area contributed by atoms with E-state index in [1.165, 1.54) is 24.3 Å². The molecule has 5 atom stereocenters. The topological polar surface area (TPSA) is 159 Å². The summed E-state index contributed by atoms with van der Waals surface area (Å²) in [6.07, 6.45) is -7.71. The van der Waals surface area contributed by atoms with Crippen LogP contribution in [0.3, 0.4) is 0 Å². The molecule has 1 aliphatic heterocycles. The highest BCUT2D eigenvalue weighted by atomic mass is 31.2. The Morgan fingerprint density at radius 2 is 1.12 bits per heavy atom. The van der Waals surface area contributed by atoms with Gasteiger partial charge in [-0.3, -0.25) is 19.2 Å². The van der Waals surface area contributed by atoms with Gasteiger partial charge in [0, 0.05) is 27.7 Å². The van der Waals surface area contributed by atoms with Crippen molar-refractivity contribution in [3.63, 3.8) is 0 Å². The molecule has 1 fully saturated rings. The molecule has 2 aromatic carbocycles. The smallest absolute Gasteiger partial charge is 0.463 e. The fourth-order valence-corrected chi connectivity index (χ4v) is 4.99. The quantitative estimate of drug-likeness (QED) is 0.163. The highest BCUT2D eigenvalue weighted by Gasteiger charge is 2.55. The molecule has 14 heteroatoms. The first-order valence-electron chi connectivity index (χ1n) is 12.0. The van der Waals surface area contributed by atoms with Crippen molar-refractivity contribution >= 4 is 31.7 Å². The molecule has 0 aliphatic carbocycles. The lowest BCUT2D eigenvalue weighted by Crippen LogP contribution is -2.62. The summed E-state index contributed by atoms with van der Waals surface area (Å²) in [6.45, 7) is 3.87. The van der Waals surface area contributed by atoms with Crippen LogP contribution < -0.4 is 9.05 Å². The lowest BCUT2D eigenvalue weighted by molar-refractivity contribution is -0.290. The first kappa shape index (κ1) is 30.6. The Morgan fingerprint density at radius 3 is 1.57 bits per heavy atom. The average Bonchev–Trinajstić information content (AvgIpc) is 2.86. The maximum atomic E-state index is 14.0. The number of hydrogen-bond acceptors (Lipinski definition) is 13. The molecule has 40 heavy (non-hydrogen) atoms. The largest absolute Gasteiger partial charge is 0.590 e. The van der Waals surface area contributed by atoms with E-state index in [-0.39, 0.29) is 11.5 Å². The molecule has 0 aromatic heterocycles. The third-order valence-corrected chi connectivity index (χ3v) is 6.44. The highest BCUT2D eigenvalue weighted by molar-refractivity contribution is 7.49. The van der Waals surface area contributed by atoms with Crippen molar-refractivity contribution in [2.24, 2.45) is 0 Å². The molecule has 2 aromatic rings. The predicted octanol–water partition coefficient (Wildman–Crippen LogP) is 3.35. The first-order chi connectivity index (χ1) is 19.0. The summed E-state index contributed by atoms with van der Waals surface area (Å²) in [4.78, 5) is 47.6. The number of esters is 4. The number of hydrogen-bond donors (Lipinski definition) is 0. The summed E-state index contributed by atoms with van der Waals surface area (Å²) in [7, 11) is -4.66. The monoisotopic (exact) mass is 586 g/mol. The Balaban J connectivity index is 2.05. The van der Waals surface area contributed by atoms with Gasteiger partial charge in [-0.05, 0) is 24.3 Å². The SMILES string of the molecule is CC(=O)O[13CH2][13C@H]1O[13C@H](OP(=O)(Oc2ccccc2)Oc2ccccc2)[13C@H](OC(C)=O)[13C@@H](OC(C)=O)[13C@@H]1OC(C)=O. The van der Waals surface area contributed by atoms with Gasteiger partial charge >= 0.3 is 31.7 Å². The molecular formula is C26H29O13P. The van der Waals surface area contributed by atoms with Gasteiger partial charge < -0.3 is 32.7 Å².